The first kappa shape index (κ1) is 15.8. The van der Waals surface area contributed by atoms with Gasteiger partial charge in [-0.1, -0.05) is 36.4 Å². The first-order valence-electron chi connectivity index (χ1n) is 8.26. The van der Waals surface area contributed by atoms with Gasteiger partial charge >= 0.3 is 0 Å². The molecule has 1 heterocycles. The Bertz CT molecular complexity index is 673. The quantitative estimate of drug-likeness (QED) is 0.869. The number of rotatable bonds is 3. The van der Waals surface area contributed by atoms with E-state index in [1.165, 1.54) is 16.7 Å². The zero-order valence-electron chi connectivity index (χ0n) is 14.0. The van der Waals surface area contributed by atoms with Crippen LogP contribution < -0.4 is 0 Å². The van der Waals surface area contributed by atoms with Crippen molar-refractivity contribution >= 4 is 5.91 Å². The van der Waals surface area contributed by atoms with Crippen LogP contribution in [0.4, 0.5) is 0 Å². The third-order valence-electron chi connectivity index (χ3n) is 4.66. The molecule has 1 amide bonds. The molecule has 0 unspecified atom stereocenters. The molecule has 23 heavy (non-hydrogen) atoms. The van der Waals surface area contributed by atoms with E-state index >= 15 is 0 Å². The van der Waals surface area contributed by atoms with E-state index in [9.17, 15) is 4.79 Å². The zero-order chi connectivity index (χ0) is 16.2. The summed E-state index contributed by atoms with van der Waals surface area (Å²) in [5, 5.41) is 0. The summed E-state index contributed by atoms with van der Waals surface area (Å²) in [6, 6.07) is 16.5. The molecule has 1 saturated heterocycles. The van der Waals surface area contributed by atoms with Crippen LogP contribution in [-0.4, -0.2) is 41.9 Å². The fourth-order valence-corrected chi connectivity index (χ4v) is 3.01. The van der Waals surface area contributed by atoms with Crippen LogP contribution in [0.1, 0.15) is 27.0 Å². The van der Waals surface area contributed by atoms with E-state index in [0.717, 1.165) is 38.3 Å². The van der Waals surface area contributed by atoms with Gasteiger partial charge < -0.3 is 4.90 Å². The Morgan fingerprint density at radius 1 is 0.913 bits per heavy atom. The van der Waals surface area contributed by atoms with Crippen LogP contribution >= 0.6 is 0 Å². The van der Waals surface area contributed by atoms with Crippen molar-refractivity contribution in [2.45, 2.75) is 20.4 Å². The van der Waals surface area contributed by atoms with E-state index in [4.69, 9.17) is 0 Å². The summed E-state index contributed by atoms with van der Waals surface area (Å²) in [4.78, 5) is 17.0. The number of carbonyl (C=O) groups excluding carboxylic acids is 1. The Balaban J connectivity index is 1.58. The van der Waals surface area contributed by atoms with Crippen molar-refractivity contribution in [3.05, 3.63) is 70.8 Å². The van der Waals surface area contributed by atoms with Crippen LogP contribution in [0.5, 0.6) is 0 Å². The number of aryl methyl sites for hydroxylation is 2. The Labute approximate surface area is 138 Å². The molecule has 2 aromatic carbocycles. The summed E-state index contributed by atoms with van der Waals surface area (Å²) in [6.07, 6.45) is 0. The topological polar surface area (TPSA) is 23.6 Å². The molecule has 0 atom stereocenters. The van der Waals surface area contributed by atoms with Crippen LogP contribution in [-0.2, 0) is 6.54 Å². The fraction of sp³-hybridized carbons (Fsp3) is 0.350. The highest BCUT2D eigenvalue weighted by Gasteiger charge is 2.22. The molecule has 3 nitrogen and oxygen atoms in total. The number of amides is 1. The SMILES string of the molecule is Cc1ccc(C(=O)N2CCN(Cc3ccccc3)CC2)cc1C. The molecular formula is C20H24N2O. The third-order valence-corrected chi connectivity index (χ3v) is 4.66. The second-order valence-electron chi connectivity index (χ2n) is 6.35. The van der Waals surface area contributed by atoms with Crippen LogP contribution in [0.3, 0.4) is 0 Å². The van der Waals surface area contributed by atoms with Crippen molar-refractivity contribution in [3.63, 3.8) is 0 Å². The predicted octanol–water partition coefficient (Wildman–Crippen LogP) is 3.26. The van der Waals surface area contributed by atoms with E-state index in [0.29, 0.717) is 0 Å². The average molecular weight is 308 g/mol. The molecule has 1 aliphatic heterocycles. The van der Waals surface area contributed by atoms with Gasteiger partial charge in [0.05, 0.1) is 0 Å². The lowest BCUT2D eigenvalue weighted by atomic mass is 10.1. The van der Waals surface area contributed by atoms with Crippen molar-refractivity contribution in [2.75, 3.05) is 26.2 Å². The van der Waals surface area contributed by atoms with Crippen LogP contribution in [0.15, 0.2) is 48.5 Å². The predicted molar refractivity (Wildman–Crippen MR) is 93.5 cm³/mol. The van der Waals surface area contributed by atoms with Gasteiger partial charge in [-0.05, 0) is 42.7 Å². The van der Waals surface area contributed by atoms with Gasteiger partial charge in [-0.2, -0.15) is 0 Å². The third kappa shape index (κ3) is 3.80. The molecule has 0 bridgehead atoms. The lowest BCUT2D eigenvalue weighted by Crippen LogP contribution is -2.48. The van der Waals surface area contributed by atoms with E-state index in [2.05, 4.69) is 43.0 Å². The number of carbonyl (C=O) groups is 1. The van der Waals surface area contributed by atoms with Crippen molar-refractivity contribution in [1.29, 1.82) is 0 Å². The van der Waals surface area contributed by atoms with Crippen LogP contribution in [0.2, 0.25) is 0 Å². The minimum atomic E-state index is 0.160. The van der Waals surface area contributed by atoms with Gasteiger partial charge in [0.15, 0.2) is 0 Å². The van der Waals surface area contributed by atoms with Gasteiger partial charge in [-0.25, -0.2) is 0 Å². The highest BCUT2D eigenvalue weighted by atomic mass is 16.2. The number of benzene rings is 2. The molecule has 2 aromatic rings. The zero-order valence-corrected chi connectivity index (χ0v) is 14.0. The van der Waals surface area contributed by atoms with Crippen LogP contribution in [0.25, 0.3) is 0 Å². The molecule has 3 heteroatoms. The van der Waals surface area contributed by atoms with Crippen molar-refractivity contribution < 1.29 is 4.79 Å². The summed E-state index contributed by atoms with van der Waals surface area (Å²) in [6.45, 7) is 8.58. The molecule has 1 aliphatic rings. The van der Waals surface area contributed by atoms with Gasteiger partial charge in [-0.15, -0.1) is 0 Å². The minimum Gasteiger partial charge on any atom is -0.336 e. The molecule has 0 aliphatic carbocycles. The normalized spacial score (nSPS) is 15.7. The molecule has 0 saturated carbocycles. The monoisotopic (exact) mass is 308 g/mol. The maximum Gasteiger partial charge on any atom is 0.253 e. The average Bonchev–Trinajstić information content (AvgIpc) is 2.58. The maximum atomic E-state index is 12.6. The molecule has 120 valence electrons. The number of hydrogen-bond donors (Lipinski definition) is 0. The van der Waals surface area contributed by atoms with E-state index < -0.39 is 0 Å². The summed E-state index contributed by atoms with van der Waals surface area (Å²) in [5.41, 5.74) is 4.55. The van der Waals surface area contributed by atoms with Gasteiger partial charge in [0.25, 0.3) is 5.91 Å². The Morgan fingerprint density at radius 3 is 2.26 bits per heavy atom. The highest BCUT2D eigenvalue weighted by Crippen LogP contribution is 2.14. The number of nitrogens with zero attached hydrogens (tertiary/aromatic N) is 2. The van der Waals surface area contributed by atoms with E-state index in [-0.39, 0.29) is 5.91 Å². The van der Waals surface area contributed by atoms with Crippen molar-refractivity contribution in [3.8, 4) is 0 Å². The summed E-state index contributed by atoms with van der Waals surface area (Å²) >= 11 is 0. The molecule has 0 aromatic heterocycles. The smallest absolute Gasteiger partial charge is 0.253 e. The summed E-state index contributed by atoms with van der Waals surface area (Å²) in [5.74, 6) is 0.160. The largest absolute Gasteiger partial charge is 0.336 e. The molecule has 0 spiro atoms. The molecule has 3 rings (SSSR count). The Kier molecular flexibility index (Phi) is 4.77. The Morgan fingerprint density at radius 2 is 1.61 bits per heavy atom. The molecule has 1 fully saturated rings. The summed E-state index contributed by atoms with van der Waals surface area (Å²) in [7, 11) is 0. The lowest BCUT2D eigenvalue weighted by Gasteiger charge is -2.34. The fourth-order valence-electron chi connectivity index (χ4n) is 3.01. The van der Waals surface area contributed by atoms with E-state index in [1.54, 1.807) is 0 Å². The minimum absolute atomic E-state index is 0.160. The van der Waals surface area contributed by atoms with Gasteiger partial charge in [0, 0.05) is 38.3 Å². The second kappa shape index (κ2) is 6.97. The molecular weight excluding hydrogens is 284 g/mol. The highest BCUT2D eigenvalue weighted by molar-refractivity contribution is 5.94. The van der Waals surface area contributed by atoms with Gasteiger partial charge in [0.1, 0.15) is 0 Å². The van der Waals surface area contributed by atoms with Crippen molar-refractivity contribution in [1.82, 2.24) is 9.80 Å². The van der Waals surface area contributed by atoms with Gasteiger partial charge in [0.2, 0.25) is 0 Å². The van der Waals surface area contributed by atoms with Crippen LogP contribution in [0, 0.1) is 13.8 Å². The maximum absolute atomic E-state index is 12.6. The first-order chi connectivity index (χ1) is 11.1. The Hall–Kier alpha value is -2.13. The molecule has 0 radical (unpaired) electrons. The summed E-state index contributed by atoms with van der Waals surface area (Å²) < 4.78 is 0. The first-order valence-corrected chi connectivity index (χ1v) is 8.26. The number of piperazine rings is 1. The number of hydrogen-bond acceptors (Lipinski definition) is 2. The molecule has 0 N–H and O–H groups in total. The van der Waals surface area contributed by atoms with Gasteiger partial charge in [-0.3, -0.25) is 9.69 Å². The standard InChI is InChI=1S/C20H24N2O/c1-16-8-9-19(14-17(16)2)20(23)22-12-10-21(11-13-22)15-18-6-4-3-5-7-18/h3-9,14H,10-13,15H2,1-2H3. The lowest BCUT2D eigenvalue weighted by molar-refractivity contribution is 0.0628. The van der Waals surface area contributed by atoms with E-state index in [1.807, 2.05) is 29.2 Å². The van der Waals surface area contributed by atoms with Crippen molar-refractivity contribution in [2.24, 2.45) is 0 Å². The second-order valence-corrected chi connectivity index (χ2v) is 6.35.